The van der Waals surface area contributed by atoms with E-state index in [2.05, 4.69) is 0 Å². The van der Waals surface area contributed by atoms with E-state index in [-0.39, 0.29) is 17.2 Å². The van der Waals surface area contributed by atoms with E-state index in [1.165, 1.54) is 30.4 Å². The lowest BCUT2D eigenvalue weighted by Gasteiger charge is -2.07. The Bertz CT molecular complexity index is 1010. The van der Waals surface area contributed by atoms with Crippen molar-refractivity contribution in [1.29, 1.82) is 0 Å². The lowest BCUT2D eigenvalue weighted by molar-refractivity contribution is 0.0696. The highest BCUT2D eigenvalue weighted by Crippen LogP contribution is 2.25. The maximum absolute atomic E-state index is 13.5. The second-order valence-corrected chi connectivity index (χ2v) is 5.65. The van der Waals surface area contributed by atoms with Gasteiger partial charge in [0.25, 0.3) is 0 Å². The summed E-state index contributed by atoms with van der Waals surface area (Å²) < 4.78 is 13.5. The second kappa shape index (κ2) is 7.57. The number of hydrogen-bond donors (Lipinski definition) is 1. The van der Waals surface area contributed by atoms with Crippen molar-refractivity contribution in [2.45, 2.75) is 0 Å². The molecule has 3 rings (SSSR count). The monoisotopic (exact) mass is 346 g/mol. The first-order valence-electron chi connectivity index (χ1n) is 7.96. The highest BCUT2D eigenvalue weighted by molar-refractivity contribution is 6.11. The Morgan fingerprint density at radius 1 is 0.846 bits per heavy atom. The molecule has 3 aromatic carbocycles. The van der Waals surface area contributed by atoms with Crippen LogP contribution < -0.4 is 0 Å². The summed E-state index contributed by atoms with van der Waals surface area (Å²) in [6.45, 7) is 0. The standard InChI is InChI=1S/C22H15FO3/c23-17-8-5-7-16(14-17)18-9-3-4-11-20(18)21(24)13-12-15-6-1-2-10-19(15)22(25)26/h1-14H,(H,25,26). The van der Waals surface area contributed by atoms with Crippen molar-refractivity contribution in [3.05, 3.63) is 101 Å². The smallest absolute Gasteiger partial charge is 0.336 e. The quantitative estimate of drug-likeness (QED) is 0.517. The van der Waals surface area contributed by atoms with Gasteiger partial charge in [-0.2, -0.15) is 0 Å². The molecule has 0 saturated heterocycles. The van der Waals surface area contributed by atoms with Crippen LogP contribution >= 0.6 is 0 Å². The van der Waals surface area contributed by atoms with Gasteiger partial charge in [-0.1, -0.05) is 60.7 Å². The Balaban J connectivity index is 1.96. The largest absolute Gasteiger partial charge is 0.478 e. The van der Waals surface area contributed by atoms with E-state index in [0.29, 0.717) is 22.3 Å². The van der Waals surface area contributed by atoms with Crippen molar-refractivity contribution >= 4 is 17.8 Å². The highest BCUT2D eigenvalue weighted by atomic mass is 19.1. The number of carboxylic acids is 1. The van der Waals surface area contributed by atoms with Crippen molar-refractivity contribution in [2.75, 3.05) is 0 Å². The van der Waals surface area contributed by atoms with Crippen molar-refractivity contribution in [1.82, 2.24) is 0 Å². The number of aromatic carboxylic acids is 1. The highest BCUT2D eigenvalue weighted by Gasteiger charge is 2.11. The molecule has 0 spiro atoms. The van der Waals surface area contributed by atoms with E-state index >= 15 is 0 Å². The number of carbonyl (C=O) groups is 2. The van der Waals surface area contributed by atoms with Crippen molar-refractivity contribution in [3.63, 3.8) is 0 Å². The van der Waals surface area contributed by atoms with Gasteiger partial charge in [0.05, 0.1) is 5.56 Å². The zero-order valence-electron chi connectivity index (χ0n) is 13.7. The van der Waals surface area contributed by atoms with Crippen LogP contribution in [-0.2, 0) is 0 Å². The van der Waals surface area contributed by atoms with Crippen molar-refractivity contribution in [3.8, 4) is 11.1 Å². The fourth-order valence-corrected chi connectivity index (χ4v) is 2.70. The van der Waals surface area contributed by atoms with E-state index in [4.69, 9.17) is 0 Å². The molecule has 1 N–H and O–H groups in total. The predicted octanol–water partition coefficient (Wildman–Crippen LogP) is 5.09. The predicted molar refractivity (Wildman–Crippen MR) is 98.6 cm³/mol. The molecule has 0 fully saturated rings. The first-order chi connectivity index (χ1) is 12.6. The van der Waals surface area contributed by atoms with Gasteiger partial charge in [-0.25, -0.2) is 9.18 Å². The average molecular weight is 346 g/mol. The molecule has 3 aromatic rings. The van der Waals surface area contributed by atoms with E-state index in [1.54, 1.807) is 54.6 Å². The van der Waals surface area contributed by atoms with Crippen LogP contribution in [-0.4, -0.2) is 16.9 Å². The van der Waals surface area contributed by atoms with Crippen LogP contribution in [0, 0.1) is 5.82 Å². The number of hydrogen-bond acceptors (Lipinski definition) is 2. The molecule has 0 aromatic heterocycles. The summed E-state index contributed by atoms with van der Waals surface area (Å²) in [7, 11) is 0. The summed E-state index contributed by atoms with van der Waals surface area (Å²) in [5.41, 5.74) is 2.20. The molecule has 0 atom stereocenters. The minimum atomic E-state index is -1.06. The zero-order valence-corrected chi connectivity index (χ0v) is 13.7. The summed E-state index contributed by atoms with van der Waals surface area (Å²) in [5.74, 6) is -1.72. The number of carbonyl (C=O) groups excluding carboxylic acids is 1. The van der Waals surface area contributed by atoms with Gasteiger partial charge >= 0.3 is 5.97 Å². The van der Waals surface area contributed by atoms with Gasteiger partial charge in [0.1, 0.15) is 5.82 Å². The number of allylic oxidation sites excluding steroid dienone is 1. The van der Waals surface area contributed by atoms with Gasteiger partial charge in [-0.05, 0) is 41.0 Å². The summed E-state index contributed by atoms with van der Waals surface area (Å²) in [6, 6.07) is 19.4. The van der Waals surface area contributed by atoms with E-state index in [0.717, 1.165) is 0 Å². The molecule has 0 aliphatic heterocycles. The minimum absolute atomic E-state index is 0.120. The van der Waals surface area contributed by atoms with Gasteiger partial charge in [0.2, 0.25) is 0 Å². The fraction of sp³-hybridized carbons (Fsp3) is 0. The molecule has 128 valence electrons. The maximum atomic E-state index is 13.5. The average Bonchev–Trinajstić information content (AvgIpc) is 2.66. The molecule has 0 amide bonds. The zero-order chi connectivity index (χ0) is 18.5. The molecule has 0 bridgehead atoms. The van der Waals surface area contributed by atoms with Gasteiger partial charge in [-0.3, -0.25) is 4.79 Å². The molecular formula is C22H15FO3. The van der Waals surface area contributed by atoms with Gasteiger partial charge in [0, 0.05) is 5.56 Å². The fourth-order valence-electron chi connectivity index (χ4n) is 2.70. The van der Waals surface area contributed by atoms with Crippen LogP contribution in [0.5, 0.6) is 0 Å². The van der Waals surface area contributed by atoms with Gasteiger partial charge < -0.3 is 5.11 Å². The minimum Gasteiger partial charge on any atom is -0.478 e. The first kappa shape index (κ1) is 17.3. The third-order valence-corrected chi connectivity index (χ3v) is 3.93. The van der Waals surface area contributed by atoms with Crippen LogP contribution in [0.1, 0.15) is 26.3 Å². The topological polar surface area (TPSA) is 54.4 Å². The van der Waals surface area contributed by atoms with Crippen molar-refractivity contribution in [2.24, 2.45) is 0 Å². The first-order valence-corrected chi connectivity index (χ1v) is 7.96. The molecule has 0 aliphatic rings. The van der Waals surface area contributed by atoms with Gasteiger partial charge in [-0.15, -0.1) is 0 Å². The van der Waals surface area contributed by atoms with E-state index in [9.17, 15) is 19.1 Å². The number of halogens is 1. The van der Waals surface area contributed by atoms with Crippen LogP contribution in [0.4, 0.5) is 4.39 Å². The van der Waals surface area contributed by atoms with E-state index in [1.807, 2.05) is 0 Å². The summed E-state index contributed by atoms with van der Waals surface area (Å²) in [4.78, 5) is 23.9. The van der Waals surface area contributed by atoms with Crippen LogP contribution in [0.2, 0.25) is 0 Å². The lowest BCUT2D eigenvalue weighted by atomic mass is 9.96. The Morgan fingerprint density at radius 3 is 2.27 bits per heavy atom. The Hall–Kier alpha value is -3.53. The van der Waals surface area contributed by atoms with Crippen LogP contribution in [0.3, 0.4) is 0 Å². The number of benzene rings is 3. The number of carboxylic acid groups (broad SMARTS) is 1. The molecule has 0 aliphatic carbocycles. The lowest BCUT2D eigenvalue weighted by Crippen LogP contribution is -2.00. The Kier molecular flexibility index (Phi) is 5.04. The maximum Gasteiger partial charge on any atom is 0.336 e. The Morgan fingerprint density at radius 2 is 1.54 bits per heavy atom. The molecule has 0 unspecified atom stereocenters. The summed E-state index contributed by atoms with van der Waals surface area (Å²) >= 11 is 0. The van der Waals surface area contributed by atoms with Gasteiger partial charge in [0.15, 0.2) is 5.78 Å². The van der Waals surface area contributed by atoms with Crippen LogP contribution in [0.15, 0.2) is 78.9 Å². The third kappa shape index (κ3) is 3.75. The number of ketones is 1. The molecule has 3 nitrogen and oxygen atoms in total. The summed E-state index contributed by atoms with van der Waals surface area (Å²) in [6.07, 6.45) is 2.81. The molecule has 4 heteroatoms. The SMILES string of the molecule is O=C(O)c1ccccc1C=CC(=O)c1ccccc1-c1cccc(F)c1. The van der Waals surface area contributed by atoms with Crippen LogP contribution in [0.25, 0.3) is 17.2 Å². The second-order valence-electron chi connectivity index (χ2n) is 5.65. The van der Waals surface area contributed by atoms with E-state index < -0.39 is 5.97 Å². The Labute approximate surface area is 150 Å². The van der Waals surface area contributed by atoms with Crippen molar-refractivity contribution < 1.29 is 19.1 Å². The normalized spacial score (nSPS) is 10.8. The number of rotatable bonds is 5. The third-order valence-electron chi connectivity index (χ3n) is 3.93. The molecule has 0 heterocycles. The molecule has 0 saturated carbocycles. The summed E-state index contributed by atoms with van der Waals surface area (Å²) in [5, 5.41) is 9.21. The molecule has 26 heavy (non-hydrogen) atoms. The molecular weight excluding hydrogens is 331 g/mol. The molecule has 0 radical (unpaired) electrons.